The maximum absolute atomic E-state index is 9.43. The van der Waals surface area contributed by atoms with Gasteiger partial charge in [-0.2, -0.15) is 0 Å². The summed E-state index contributed by atoms with van der Waals surface area (Å²) in [5, 5.41) is 13.5. The third-order valence-electron chi connectivity index (χ3n) is 3.01. The lowest BCUT2D eigenvalue weighted by Gasteiger charge is -2.20. The number of benzene rings is 1. The largest absolute Gasteiger partial charge is 0.394 e. The molecule has 1 unspecified atom stereocenters. The van der Waals surface area contributed by atoms with E-state index < -0.39 is 0 Å². The van der Waals surface area contributed by atoms with Crippen molar-refractivity contribution < 1.29 is 9.84 Å². The Hall–Kier alpha value is -0.870. The fraction of sp³-hybridized carbons (Fsp3) is 0.429. The molecule has 4 heteroatoms. The predicted octanol–water partition coefficient (Wildman–Crippen LogP) is 2.31. The van der Waals surface area contributed by atoms with Gasteiger partial charge in [-0.25, -0.2) is 0 Å². The summed E-state index contributed by atoms with van der Waals surface area (Å²) in [5.41, 5.74) is 2.29. The fourth-order valence-electron chi connectivity index (χ4n) is 1.97. The Kier molecular flexibility index (Phi) is 5.20. The second-order valence-corrected chi connectivity index (χ2v) is 4.81. The lowest BCUT2D eigenvalue weighted by Crippen LogP contribution is -2.28. The Balaban J connectivity index is 1.92. The summed E-state index contributed by atoms with van der Waals surface area (Å²) in [4.78, 5) is 0. The number of aliphatic hydroxyl groups is 1. The smallest absolute Gasteiger partial charge is 0.0689 e. The average molecular weight is 268 g/mol. The van der Waals surface area contributed by atoms with Crippen molar-refractivity contribution in [3.05, 3.63) is 46.5 Å². The summed E-state index contributed by atoms with van der Waals surface area (Å²) in [7, 11) is 0. The number of rotatable bonds is 5. The van der Waals surface area contributed by atoms with Gasteiger partial charge in [0.1, 0.15) is 0 Å². The van der Waals surface area contributed by atoms with E-state index in [1.807, 2.05) is 24.3 Å². The van der Waals surface area contributed by atoms with Gasteiger partial charge in [0.05, 0.1) is 25.9 Å². The molecular formula is C14H18ClNO2. The molecular weight excluding hydrogens is 250 g/mol. The second kappa shape index (κ2) is 6.90. The molecule has 1 aromatic rings. The number of aliphatic hydroxyl groups excluding tert-OH is 1. The standard InChI is InChI=1S/C14H18ClNO2/c15-13-5-3-12(4-6-13)14(9-17)16-8-11-2-1-7-18-10-11/h2-6,14,16-17H,1,7-10H2. The van der Waals surface area contributed by atoms with Crippen LogP contribution in [0.1, 0.15) is 18.0 Å². The van der Waals surface area contributed by atoms with E-state index in [9.17, 15) is 5.11 Å². The molecule has 0 aliphatic carbocycles. The van der Waals surface area contributed by atoms with Crippen LogP contribution >= 0.6 is 11.6 Å². The molecule has 0 spiro atoms. The van der Waals surface area contributed by atoms with Crippen molar-refractivity contribution in [1.29, 1.82) is 0 Å². The van der Waals surface area contributed by atoms with Gasteiger partial charge < -0.3 is 15.2 Å². The highest BCUT2D eigenvalue weighted by atomic mass is 35.5. The van der Waals surface area contributed by atoms with Gasteiger partial charge in [-0.1, -0.05) is 29.8 Å². The summed E-state index contributed by atoms with van der Waals surface area (Å²) in [6, 6.07) is 7.48. The zero-order valence-corrected chi connectivity index (χ0v) is 11.0. The van der Waals surface area contributed by atoms with Crippen LogP contribution in [0.5, 0.6) is 0 Å². The lowest BCUT2D eigenvalue weighted by atomic mass is 10.1. The molecule has 0 amide bonds. The second-order valence-electron chi connectivity index (χ2n) is 4.37. The maximum atomic E-state index is 9.43. The Bertz CT molecular complexity index is 403. The van der Waals surface area contributed by atoms with Crippen molar-refractivity contribution in [3.63, 3.8) is 0 Å². The Morgan fingerprint density at radius 1 is 1.33 bits per heavy atom. The number of halogens is 1. The van der Waals surface area contributed by atoms with Crippen LogP contribution in [-0.4, -0.2) is 31.5 Å². The highest BCUT2D eigenvalue weighted by molar-refractivity contribution is 6.30. The van der Waals surface area contributed by atoms with Crippen LogP contribution in [0.3, 0.4) is 0 Å². The molecule has 0 saturated carbocycles. The zero-order valence-electron chi connectivity index (χ0n) is 10.2. The molecule has 1 aliphatic heterocycles. The summed E-state index contributed by atoms with van der Waals surface area (Å²) < 4.78 is 5.38. The summed E-state index contributed by atoms with van der Waals surface area (Å²) >= 11 is 5.85. The molecule has 98 valence electrons. The van der Waals surface area contributed by atoms with E-state index >= 15 is 0 Å². The zero-order chi connectivity index (χ0) is 12.8. The molecule has 1 aliphatic rings. The number of ether oxygens (including phenoxy) is 1. The van der Waals surface area contributed by atoms with E-state index in [0.29, 0.717) is 11.6 Å². The van der Waals surface area contributed by atoms with Gasteiger partial charge in [0.25, 0.3) is 0 Å². The molecule has 18 heavy (non-hydrogen) atoms. The van der Waals surface area contributed by atoms with Crippen molar-refractivity contribution in [3.8, 4) is 0 Å². The lowest BCUT2D eigenvalue weighted by molar-refractivity contribution is 0.147. The van der Waals surface area contributed by atoms with E-state index in [0.717, 1.165) is 25.1 Å². The van der Waals surface area contributed by atoms with Crippen LogP contribution in [0.2, 0.25) is 5.02 Å². The molecule has 0 bridgehead atoms. The predicted molar refractivity (Wildman–Crippen MR) is 72.8 cm³/mol. The van der Waals surface area contributed by atoms with E-state index in [4.69, 9.17) is 16.3 Å². The topological polar surface area (TPSA) is 41.5 Å². The molecule has 3 nitrogen and oxygen atoms in total. The van der Waals surface area contributed by atoms with Crippen LogP contribution in [0.25, 0.3) is 0 Å². The molecule has 0 saturated heterocycles. The summed E-state index contributed by atoms with van der Waals surface area (Å²) in [5.74, 6) is 0. The summed E-state index contributed by atoms with van der Waals surface area (Å²) in [6.45, 7) is 2.31. The first-order valence-corrected chi connectivity index (χ1v) is 6.53. The van der Waals surface area contributed by atoms with Gasteiger partial charge >= 0.3 is 0 Å². The number of hydrogen-bond acceptors (Lipinski definition) is 3. The molecule has 2 rings (SSSR count). The van der Waals surface area contributed by atoms with Crippen LogP contribution in [-0.2, 0) is 4.74 Å². The van der Waals surface area contributed by atoms with Crippen LogP contribution in [0, 0.1) is 0 Å². The number of nitrogens with one attached hydrogen (secondary N) is 1. The number of hydrogen-bond donors (Lipinski definition) is 2. The fourth-order valence-corrected chi connectivity index (χ4v) is 2.09. The first kappa shape index (κ1) is 13.6. The third-order valence-corrected chi connectivity index (χ3v) is 3.27. The highest BCUT2D eigenvalue weighted by Crippen LogP contribution is 2.16. The van der Waals surface area contributed by atoms with Crippen LogP contribution in [0.15, 0.2) is 35.9 Å². The minimum atomic E-state index is -0.0647. The van der Waals surface area contributed by atoms with E-state index in [1.54, 1.807) is 0 Å². The molecule has 1 heterocycles. The minimum absolute atomic E-state index is 0.0647. The third kappa shape index (κ3) is 3.82. The molecule has 1 aromatic carbocycles. The van der Waals surface area contributed by atoms with Gasteiger partial charge in [-0.15, -0.1) is 0 Å². The Labute approximate surface area is 112 Å². The highest BCUT2D eigenvalue weighted by Gasteiger charge is 2.11. The van der Waals surface area contributed by atoms with Gasteiger partial charge in [0, 0.05) is 11.6 Å². The molecule has 1 atom stereocenters. The van der Waals surface area contributed by atoms with Crippen molar-refractivity contribution in [2.75, 3.05) is 26.4 Å². The Morgan fingerprint density at radius 3 is 2.72 bits per heavy atom. The van der Waals surface area contributed by atoms with Crippen molar-refractivity contribution in [1.82, 2.24) is 5.32 Å². The van der Waals surface area contributed by atoms with Crippen LogP contribution < -0.4 is 5.32 Å². The SMILES string of the molecule is OCC(NCC1=CCCOC1)c1ccc(Cl)cc1. The summed E-state index contributed by atoms with van der Waals surface area (Å²) in [6.07, 6.45) is 3.18. The van der Waals surface area contributed by atoms with Crippen LogP contribution in [0.4, 0.5) is 0 Å². The van der Waals surface area contributed by atoms with E-state index in [-0.39, 0.29) is 12.6 Å². The molecule has 0 fully saturated rings. The average Bonchev–Trinajstić information content (AvgIpc) is 2.42. The van der Waals surface area contributed by atoms with E-state index in [1.165, 1.54) is 5.57 Å². The van der Waals surface area contributed by atoms with Crippen molar-refractivity contribution in [2.45, 2.75) is 12.5 Å². The Morgan fingerprint density at radius 2 is 2.11 bits per heavy atom. The molecule has 0 aromatic heterocycles. The minimum Gasteiger partial charge on any atom is -0.394 e. The molecule has 0 radical (unpaired) electrons. The maximum Gasteiger partial charge on any atom is 0.0689 e. The van der Waals surface area contributed by atoms with Gasteiger partial charge in [-0.3, -0.25) is 0 Å². The van der Waals surface area contributed by atoms with Gasteiger partial charge in [-0.05, 0) is 29.7 Å². The normalized spacial score (nSPS) is 17.3. The molecule has 2 N–H and O–H groups in total. The van der Waals surface area contributed by atoms with Gasteiger partial charge in [0.2, 0.25) is 0 Å². The van der Waals surface area contributed by atoms with Crippen molar-refractivity contribution >= 4 is 11.6 Å². The van der Waals surface area contributed by atoms with E-state index in [2.05, 4.69) is 11.4 Å². The monoisotopic (exact) mass is 267 g/mol. The van der Waals surface area contributed by atoms with Gasteiger partial charge in [0.15, 0.2) is 0 Å². The van der Waals surface area contributed by atoms with Crippen molar-refractivity contribution in [2.24, 2.45) is 0 Å². The first-order valence-electron chi connectivity index (χ1n) is 6.15. The quantitative estimate of drug-likeness (QED) is 0.805. The first-order chi connectivity index (χ1) is 8.79.